The maximum atomic E-state index is 3.55. The average Bonchev–Trinajstić information content (AvgIpc) is 2.34. The van der Waals surface area contributed by atoms with Crippen LogP contribution in [0.3, 0.4) is 0 Å². The van der Waals surface area contributed by atoms with Gasteiger partial charge in [0.15, 0.2) is 0 Å². The third-order valence-electron chi connectivity index (χ3n) is 3.14. The number of rotatable bonds is 7. The highest BCUT2D eigenvalue weighted by Crippen LogP contribution is 2.16. The topological polar surface area (TPSA) is 12.0 Å². The Morgan fingerprint density at radius 3 is 2.12 bits per heavy atom. The van der Waals surface area contributed by atoms with Crippen LogP contribution in [0, 0.1) is 0 Å². The molecule has 0 aromatic heterocycles. The van der Waals surface area contributed by atoms with E-state index >= 15 is 0 Å². The van der Waals surface area contributed by atoms with Crippen LogP contribution in [0.5, 0.6) is 0 Å². The summed E-state index contributed by atoms with van der Waals surface area (Å²) in [4.78, 5) is 0. The molecule has 0 fully saturated rings. The standard InChI is InChI=1S/C15H25N/c1-4-7-11-16-12-15-13(5-2)9-8-10-14(15)6-3/h8-10,16H,4-7,11-12H2,1-3H3. The van der Waals surface area contributed by atoms with Gasteiger partial charge in [-0.2, -0.15) is 0 Å². The van der Waals surface area contributed by atoms with Gasteiger partial charge in [0.25, 0.3) is 0 Å². The Morgan fingerprint density at radius 2 is 1.62 bits per heavy atom. The number of nitrogens with one attached hydrogen (secondary N) is 1. The van der Waals surface area contributed by atoms with E-state index in [-0.39, 0.29) is 0 Å². The fourth-order valence-corrected chi connectivity index (χ4v) is 2.09. The van der Waals surface area contributed by atoms with Gasteiger partial charge in [0.2, 0.25) is 0 Å². The molecule has 0 unspecified atom stereocenters. The molecule has 0 saturated carbocycles. The lowest BCUT2D eigenvalue weighted by Crippen LogP contribution is -2.17. The molecule has 0 radical (unpaired) electrons. The minimum Gasteiger partial charge on any atom is -0.313 e. The summed E-state index contributed by atoms with van der Waals surface area (Å²) in [6, 6.07) is 6.71. The Hall–Kier alpha value is -0.820. The first-order valence-corrected chi connectivity index (χ1v) is 6.63. The summed E-state index contributed by atoms with van der Waals surface area (Å²) in [6.45, 7) is 8.89. The van der Waals surface area contributed by atoms with Crippen molar-refractivity contribution in [2.24, 2.45) is 0 Å². The second kappa shape index (κ2) is 7.45. The molecule has 16 heavy (non-hydrogen) atoms. The van der Waals surface area contributed by atoms with Gasteiger partial charge in [-0.15, -0.1) is 0 Å². The highest BCUT2D eigenvalue weighted by Gasteiger charge is 2.04. The molecular weight excluding hydrogens is 194 g/mol. The summed E-state index contributed by atoms with van der Waals surface area (Å²) >= 11 is 0. The molecule has 0 aliphatic rings. The SMILES string of the molecule is CCCCNCc1c(CC)cccc1CC. The van der Waals surface area contributed by atoms with Crippen LogP contribution in [0.25, 0.3) is 0 Å². The van der Waals surface area contributed by atoms with E-state index in [2.05, 4.69) is 44.3 Å². The van der Waals surface area contributed by atoms with Crippen molar-refractivity contribution < 1.29 is 0 Å². The van der Waals surface area contributed by atoms with Gasteiger partial charge in [0.05, 0.1) is 0 Å². The summed E-state index contributed by atoms with van der Waals surface area (Å²) in [5.41, 5.74) is 4.54. The number of benzene rings is 1. The molecular formula is C15H25N. The van der Waals surface area contributed by atoms with Crippen LogP contribution in [-0.4, -0.2) is 6.54 Å². The Morgan fingerprint density at radius 1 is 1.00 bits per heavy atom. The van der Waals surface area contributed by atoms with Crippen molar-refractivity contribution >= 4 is 0 Å². The van der Waals surface area contributed by atoms with Crippen molar-refractivity contribution in [3.63, 3.8) is 0 Å². The third kappa shape index (κ3) is 3.64. The maximum absolute atomic E-state index is 3.55. The second-order valence-electron chi connectivity index (χ2n) is 4.29. The van der Waals surface area contributed by atoms with Crippen molar-refractivity contribution in [1.82, 2.24) is 5.32 Å². The molecule has 1 N–H and O–H groups in total. The predicted octanol–water partition coefficient (Wildman–Crippen LogP) is 3.70. The van der Waals surface area contributed by atoms with Gasteiger partial charge in [-0.25, -0.2) is 0 Å². The van der Waals surface area contributed by atoms with Crippen molar-refractivity contribution in [2.45, 2.75) is 53.0 Å². The van der Waals surface area contributed by atoms with E-state index in [0.717, 1.165) is 25.9 Å². The maximum Gasteiger partial charge on any atom is 0.0210 e. The van der Waals surface area contributed by atoms with Crippen LogP contribution in [0.1, 0.15) is 50.3 Å². The highest BCUT2D eigenvalue weighted by molar-refractivity contribution is 5.35. The Bertz CT molecular complexity index is 282. The van der Waals surface area contributed by atoms with E-state index in [1.807, 2.05) is 0 Å². The summed E-state index contributed by atoms with van der Waals surface area (Å²) in [6.07, 6.45) is 4.82. The fourth-order valence-electron chi connectivity index (χ4n) is 2.09. The van der Waals surface area contributed by atoms with Crippen LogP contribution in [0.15, 0.2) is 18.2 Å². The third-order valence-corrected chi connectivity index (χ3v) is 3.14. The largest absolute Gasteiger partial charge is 0.313 e. The second-order valence-corrected chi connectivity index (χ2v) is 4.29. The lowest BCUT2D eigenvalue weighted by atomic mass is 9.97. The van der Waals surface area contributed by atoms with Gasteiger partial charge < -0.3 is 5.32 Å². The Balaban J connectivity index is 2.67. The number of unbranched alkanes of at least 4 members (excludes halogenated alkanes) is 1. The fraction of sp³-hybridized carbons (Fsp3) is 0.600. The monoisotopic (exact) mass is 219 g/mol. The molecule has 0 amide bonds. The molecule has 0 aliphatic carbocycles. The van der Waals surface area contributed by atoms with Crippen molar-refractivity contribution in [3.05, 3.63) is 34.9 Å². The molecule has 1 aromatic carbocycles. The molecule has 1 nitrogen and oxygen atoms in total. The highest BCUT2D eigenvalue weighted by atomic mass is 14.8. The quantitative estimate of drug-likeness (QED) is 0.689. The van der Waals surface area contributed by atoms with Crippen LogP contribution in [-0.2, 0) is 19.4 Å². The molecule has 0 aliphatic heterocycles. The summed E-state index contributed by atoms with van der Waals surface area (Å²) in [7, 11) is 0. The molecule has 0 saturated heterocycles. The molecule has 0 bridgehead atoms. The van der Waals surface area contributed by atoms with Gasteiger partial charge >= 0.3 is 0 Å². The van der Waals surface area contributed by atoms with Gasteiger partial charge in [-0.3, -0.25) is 0 Å². The van der Waals surface area contributed by atoms with Crippen LogP contribution in [0.2, 0.25) is 0 Å². The number of hydrogen-bond donors (Lipinski definition) is 1. The van der Waals surface area contributed by atoms with Gasteiger partial charge in [0.1, 0.15) is 0 Å². The predicted molar refractivity (Wildman–Crippen MR) is 71.8 cm³/mol. The lowest BCUT2D eigenvalue weighted by Gasteiger charge is -2.13. The minimum atomic E-state index is 1.03. The van der Waals surface area contributed by atoms with Crippen LogP contribution in [0.4, 0.5) is 0 Å². The van der Waals surface area contributed by atoms with Gasteiger partial charge in [-0.05, 0) is 42.5 Å². The zero-order valence-corrected chi connectivity index (χ0v) is 11.0. The van der Waals surface area contributed by atoms with Gasteiger partial charge in [-0.1, -0.05) is 45.4 Å². The Labute approximate surface area is 100 Å². The lowest BCUT2D eigenvalue weighted by molar-refractivity contribution is 0.636. The first-order valence-electron chi connectivity index (χ1n) is 6.63. The normalized spacial score (nSPS) is 10.7. The minimum absolute atomic E-state index is 1.03. The van der Waals surface area contributed by atoms with E-state index in [0.29, 0.717) is 0 Å². The summed E-state index contributed by atoms with van der Waals surface area (Å²) < 4.78 is 0. The summed E-state index contributed by atoms with van der Waals surface area (Å²) in [5.74, 6) is 0. The van der Waals surface area contributed by atoms with Gasteiger partial charge in [0, 0.05) is 6.54 Å². The molecule has 1 aromatic rings. The smallest absolute Gasteiger partial charge is 0.0210 e. The Kier molecular flexibility index (Phi) is 6.17. The van der Waals surface area contributed by atoms with Crippen LogP contribution < -0.4 is 5.32 Å². The van der Waals surface area contributed by atoms with Crippen LogP contribution >= 0.6 is 0 Å². The average molecular weight is 219 g/mol. The van der Waals surface area contributed by atoms with Crippen molar-refractivity contribution in [1.29, 1.82) is 0 Å². The van der Waals surface area contributed by atoms with E-state index in [1.54, 1.807) is 0 Å². The first kappa shape index (κ1) is 13.2. The molecule has 90 valence electrons. The van der Waals surface area contributed by atoms with Crippen molar-refractivity contribution in [2.75, 3.05) is 6.54 Å². The van der Waals surface area contributed by atoms with E-state index < -0.39 is 0 Å². The molecule has 1 heteroatoms. The zero-order valence-electron chi connectivity index (χ0n) is 11.0. The summed E-state index contributed by atoms with van der Waals surface area (Å²) in [5, 5.41) is 3.55. The molecule has 0 spiro atoms. The van der Waals surface area contributed by atoms with E-state index in [4.69, 9.17) is 0 Å². The number of aryl methyl sites for hydroxylation is 2. The molecule has 0 atom stereocenters. The number of hydrogen-bond acceptors (Lipinski definition) is 1. The van der Waals surface area contributed by atoms with Crippen molar-refractivity contribution in [3.8, 4) is 0 Å². The van der Waals surface area contributed by atoms with E-state index in [1.165, 1.54) is 29.5 Å². The zero-order chi connectivity index (χ0) is 11.8. The molecule has 1 rings (SSSR count). The van der Waals surface area contributed by atoms with E-state index in [9.17, 15) is 0 Å². The molecule has 0 heterocycles. The first-order chi connectivity index (χ1) is 7.83.